The van der Waals surface area contributed by atoms with Gasteiger partial charge < -0.3 is 15.0 Å². The molecule has 0 aliphatic rings. The van der Waals surface area contributed by atoms with E-state index in [9.17, 15) is 18.0 Å². The third-order valence-electron chi connectivity index (χ3n) is 5.28. The first-order valence-electron chi connectivity index (χ1n) is 11.3. The summed E-state index contributed by atoms with van der Waals surface area (Å²) < 4.78 is 34.0. The minimum absolute atomic E-state index is 0.0652. The molecule has 0 spiro atoms. The zero-order chi connectivity index (χ0) is 25.3. The van der Waals surface area contributed by atoms with Crippen molar-refractivity contribution in [1.82, 2.24) is 10.2 Å². The largest absolute Gasteiger partial charge is 0.489 e. The van der Waals surface area contributed by atoms with Crippen LogP contribution in [-0.2, 0) is 21.4 Å². The Labute approximate surface area is 206 Å². The number of ether oxygens (including phenoxy) is 1. The minimum Gasteiger partial charge on any atom is -0.489 e. The van der Waals surface area contributed by atoms with Crippen molar-refractivity contribution in [2.24, 2.45) is 0 Å². The summed E-state index contributed by atoms with van der Waals surface area (Å²) in [5, 5.41) is 2.55. The van der Waals surface area contributed by atoms with Crippen LogP contribution in [0.4, 0.5) is 5.69 Å². The van der Waals surface area contributed by atoms with E-state index in [0.29, 0.717) is 31.1 Å². The summed E-state index contributed by atoms with van der Waals surface area (Å²) in [6.45, 7) is 5.05. The second kappa shape index (κ2) is 12.0. The van der Waals surface area contributed by atoms with Crippen LogP contribution >= 0.6 is 0 Å². The standard InChI is InChI=1S/C26H29N3O5S/c1-3-29(4-2)25(30)18-27-26(31)21-11-8-12-24(17-21)35(32,33)28-22-13-15-23(16-14-22)34-19-20-9-6-5-7-10-20/h5-17,28H,3-4,18-19H2,1-2H3,(H,27,31). The van der Waals surface area contributed by atoms with E-state index in [1.54, 1.807) is 29.2 Å². The number of carbonyl (C=O) groups is 2. The fourth-order valence-electron chi connectivity index (χ4n) is 3.32. The molecule has 2 N–H and O–H groups in total. The van der Waals surface area contributed by atoms with Crippen LogP contribution in [0.15, 0.2) is 83.8 Å². The van der Waals surface area contributed by atoms with E-state index in [2.05, 4.69) is 10.0 Å². The van der Waals surface area contributed by atoms with Crippen LogP contribution in [0.1, 0.15) is 29.8 Å². The summed E-state index contributed by atoms with van der Waals surface area (Å²) in [6, 6.07) is 21.9. The number of hydrogen-bond donors (Lipinski definition) is 2. The van der Waals surface area contributed by atoms with Crippen LogP contribution in [0.2, 0.25) is 0 Å². The quantitative estimate of drug-likeness (QED) is 0.422. The highest BCUT2D eigenvalue weighted by atomic mass is 32.2. The summed E-state index contributed by atoms with van der Waals surface area (Å²) in [4.78, 5) is 26.1. The molecule has 0 aliphatic carbocycles. The maximum absolute atomic E-state index is 12.9. The molecular weight excluding hydrogens is 466 g/mol. The summed E-state index contributed by atoms with van der Waals surface area (Å²) in [7, 11) is -3.94. The first kappa shape index (κ1) is 25.8. The van der Waals surface area contributed by atoms with Crippen LogP contribution in [0, 0.1) is 0 Å². The van der Waals surface area contributed by atoms with Crippen molar-refractivity contribution < 1.29 is 22.7 Å². The van der Waals surface area contributed by atoms with Crippen molar-refractivity contribution in [2.75, 3.05) is 24.4 Å². The Morgan fingerprint density at radius 3 is 2.23 bits per heavy atom. The van der Waals surface area contributed by atoms with E-state index in [1.165, 1.54) is 24.3 Å². The zero-order valence-electron chi connectivity index (χ0n) is 19.7. The SMILES string of the molecule is CCN(CC)C(=O)CNC(=O)c1cccc(S(=O)(=O)Nc2ccc(OCc3ccccc3)cc2)c1. The fraction of sp³-hybridized carbons (Fsp3) is 0.231. The van der Waals surface area contributed by atoms with Crippen molar-refractivity contribution in [2.45, 2.75) is 25.3 Å². The zero-order valence-corrected chi connectivity index (χ0v) is 20.5. The lowest BCUT2D eigenvalue weighted by Gasteiger charge is -2.18. The predicted molar refractivity (Wildman–Crippen MR) is 135 cm³/mol. The van der Waals surface area contributed by atoms with Crippen LogP contribution in [0.5, 0.6) is 5.75 Å². The summed E-state index contributed by atoms with van der Waals surface area (Å²) in [5.74, 6) is -0.123. The van der Waals surface area contributed by atoms with Gasteiger partial charge in [-0.3, -0.25) is 14.3 Å². The molecule has 0 aromatic heterocycles. The average molecular weight is 496 g/mol. The van der Waals surface area contributed by atoms with Gasteiger partial charge in [-0.05, 0) is 61.9 Å². The average Bonchev–Trinajstić information content (AvgIpc) is 2.88. The summed E-state index contributed by atoms with van der Waals surface area (Å²) >= 11 is 0. The summed E-state index contributed by atoms with van der Waals surface area (Å²) in [6.07, 6.45) is 0. The predicted octanol–water partition coefficient (Wildman–Crippen LogP) is 3.66. The normalized spacial score (nSPS) is 10.9. The van der Waals surface area contributed by atoms with E-state index in [0.717, 1.165) is 5.56 Å². The lowest BCUT2D eigenvalue weighted by molar-refractivity contribution is -0.129. The lowest BCUT2D eigenvalue weighted by atomic mass is 10.2. The van der Waals surface area contributed by atoms with Crippen molar-refractivity contribution in [3.8, 4) is 5.75 Å². The van der Waals surface area contributed by atoms with Gasteiger partial charge in [0.25, 0.3) is 15.9 Å². The van der Waals surface area contributed by atoms with Crippen LogP contribution in [0.25, 0.3) is 0 Å². The second-order valence-electron chi connectivity index (χ2n) is 7.68. The lowest BCUT2D eigenvalue weighted by Crippen LogP contribution is -2.40. The molecule has 35 heavy (non-hydrogen) atoms. The molecule has 0 heterocycles. The van der Waals surface area contributed by atoms with Crippen molar-refractivity contribution in [1.29, 1.82) is 0 Å². The molecule has 0 fully saturated rings. The molecule has 0 bridgehead atoms. The molecule has 3 aromatic carbocycles. The van der Waals surface area contributed by atoms with Crippen molar-refractivity contribution >= 4 is 27.5 Å². The molecule has 0 unspecified atom stereocenters. The molecule has 0 saturated carbocycles. The number of amides is 2. The Morgan fingerprint density at radius 2 is 1.57 bits per heavy atom. The number of rotatable bonds is 11. The van der Waals surface area contributed by atoms with Gasteiger partial charge in [0.2, 0.25) is 5.91 Å². The number of hydrogen-bond acceptors (Lipinski definition) is 5. The van der Waals surface area contributed by atoms with Gasteiger partial charge >= 0.3 is 0 Å². The molecule has 8 nitrogen and oxygen atoms in total. The smallest absolute Gasteiger partial charge is 0.261 e. The highest BCUT2D eigenvalue weighted by molar-refractivity contribution is 7.92. The molecule has 9 heteroatoms. The number of nitrogens with zero attached hydrogens (tertiary/aromatic N) is 1. The summed E-state index contributed by atoms with van der Waals surface area (Å²) in [5.41, 5.74) is 1.53. The number of nitrogens with one attached hydrogen (secondary N) is 2. The molecular formula is C26H29N3O5S. The van der Waals surface area contributed by atoms with Gasteiger partial charge in [-0.1, -0.05) is 36.4 Å². The first-order valence-corrected chi connectivity index (χ1v) is 12.8. The monoisotopic (exact) mass is 495 g/mol. The second-order valence-corrected chi connectivity index (χ2v) is 9.36. The van der Waals surface area contributed by atoms with Gasteiger partial charge in [-0.15, -0.1) is 0 Å². The Kier molecular flexibility index (Phi) is 8.86. The van der Waals surface area contributed by atoms with Gasteiger partial charge in [0, 0.05) is 24.3 Å². The number of anilines is 1. The van der Waals surface area contributed by atoms with E-state index in [4.69, 9.17) is 4.74 Å². The van der Waals surface area contributed by atoms with Crippen LogP contribution in [0.3, 0.4) is 0 Å². The van der Waals surface area contributed by atoms with Crippen LogP contribution < -0.4 is 14.8 Å². The van der Waals surface area contributed by atoms with Crippen LogP contribution in [-0.4, -0.2) is 44.8 Å². The van der Waals surface area contributed by atoms with Gasteiger partial charge in [-0.2, -0.15) is 0 Å². The van der Waals surface area contributed by atoms with Crippen molar-refractivity contribution in [3.63, 3.8) is 0 Å². The topological polar surface area (TPSA) is 105 Å². The molecule has 3 rings (SSSR count). The third kappa shape index (κ3) is 7.31. The van der Waals surface area contributed by atoms with Gasteiger partial charge in [-0.25, -0.2) is 8.42 Å². The molecule has 3 aromatic rings. The molecule has 0 atom stereocenters. The molecule has 0 saturated heterocycles. The Balaban J connectivity index is 1.61. The number of carbonyl (C=O) groups excluding carboxylic acids is 2. The Morgan fingerprint density at radius 1 is 0.886 bits per heavy atom. The van der Waals surface area contributed by atoms with Crippen molar-refractivity contribution in [3.05, 3.63) is 90.0 Å². The molecule has 0 radical (unpaired) electrons. The molecule has 2 amide bonds. The number of benzene rings is 3. The Bertz CT molecular complexity index is 1240. The molecule has 0 aliphatic heterocycles. The maximum atomic E-state index is 12.9. The fourth-order valence-corrected chi connectivity index (χ4v) is 4.43. The minimum atomic E-state index is -3.94. The Hall–Kier alpha value is -3.85. The van der Waals surface area contributed by atoms with E-state index in [1.807, 2.05) is 44.2 Å². The number of sulfonamides is 1. The van der Waals surface area contributed by atoms with E-state index < -0.39 is 15.9 Å². The van der Waals surface area contributed by atoms with Gasteiger partial charge in [0.15, 0.2) is 0 Å². The number of likely N-dealkylation sites (N-methyl/N-ethyl adjacent to an activating group) is 1. The van der Waals surface area contributed by atoms with E-state index in [-0.39, 0.29) is 22.9 Å². The van der Waals surface area contributed by atoms with Gasteiger partial charge in [0.1, 0.15) is 12.4 Å². The third-order valence-corrected chi connectivity index (χ3v) is 6.66. The van der Waals surface area contributed by atoms with E-state index >= 15 is 0 Å². The highest BCUT2D eigenvalue weighted by Gasteiger charge is 2.18. The highest BCUT2D eigenvalue weighted by Crippen LogP contribution is 2.21. The first-order chi connectivity index (χ1) is 16.8. The van der Waals surface area contributed by atoms with Gasteiger partial charge in [0.05, 0.1) is 11.4 Å². The molecule has 184 valence electrons. The maximum Gasteiger partial charge on any atom is 0.261 e.